The van der Waals surface area contributed by atoms with Gasteiger partial charge in [-0.2, -0.15) is 0 Å². The van der Waals surface area contributed by atoms with E-state index in [4.69, 9.17) is 5.11 Å². The van der Waals surface area contributed by atoms with Crippen LogP contribution < -0.4 is 5.32 Å². The molecule has 1 amide bonds. The Kier molecular flexibility index (Phi) is 3.66. The summed E-state index contributed by atoms with van der Waals surface area (Å²) in [7, 11) is 0. The first-order valence-corrected chi connectivity index (χ1v) is 6.70. The van der Waals surface area contributed by atoms with Gasteiger partial charge >= 0.3 is 0 Å². The van der Waals surface area contributed by atoms with Crippen molar-refractivity contribution in [1.29, 1.82) is 0 Å². The number of aromatic amines is 1. The van der Waals surface area contributed by atoms with E-state index >= 15 is 0 Å². The van der Waals surface area contributed by atoms with E-state index in [1.54, 1.807) is 12.3 Å². The van der Waals surface area contributed by atoms with E-state index in [1.807, 2.05) is 36.5 Å². The molecule has 0 atom stereocenters. The molecular formula is C16H15N3O2. The molecule has 0 spiro atoms. The number of pyridine rings is 1. The van der Waals surface area contributed by atoms with Crippen molar-refractivity contribution in [3.63, 3.8) is 0 Å². The number of aromatic nitrogens is 2. The van der Waals surface area contributed by atoms with E-state index in [9.17, 15) is 4.79 Å². The van der Waals surface area contributed by atoms with Crippen LogP contribution in [0.1, 0.15) is 10.4 Å². The van der Waals surface area contributed by atoms with Crippen LogP contribution in [0.3, 0.4) is 0 Å². The fourth-order valence-corrected chi connectivity index (χ4v) is 2.21. The van der Waals surface area contributed by atoms with Crippen LogP contribution in [0, 0.1) is 0 Å². The Morgan fingerprint density at radius 3 is 3.00 bits per heavy atom. The van der Waals surface area contributed by atoms with E-state index in [-0.39, 0.29) is 19.1 Å². The van der Waals surface area contributed by atoms with E-state index in [2.05, 4.69) is 15.3 Å². The third-order valence-corrected chi connectivity index (χ3v) is 3.26. The standard InChI is InChI=1S/C16H15N3O2/c20-7-6-18-16(21)13-3-1-2-11(8-13)14-9-12-4-5-17-15(12)19-10-14/h1-5,8-10,20H,6-7H2,(H,17,19)(H,18,21). The maximum absolute atomic E-state index is 11.9. The number of nitrogens with one attached hydrogen (secondary N) is 2. The number of aliphatic hydroxyl groups is 1. The van der Waals surface area contributed by atoms with Gasteiger partial charge in [-0.25, -0.2) is 4.98 Å². The topological polar surface area (TPSA) is 78.0 Å². The molecule has 3 N–H and O–H groups in total. The lowest BCUT2D eigenvalue weighted by Crippen LogP contribution is -2.26. The van der Waals surface area contributed by atoms with E-state index in [0.717, 1.165) is 22.2 Å². The molecule has 106 valence electrons. The molecule has 2 heterocycles. The summed E-state index contributed by atoms with van der Waals surface area (Å²) in [6, 6.07) is 11.3. The number of aliphatic hydroxyl groups excluding tert-OH is 1. The SMILES string of the molecule is O=C(NCCO)c1cccc(-c2cnc3[nH]ccc3c2)c1. The number of H-pyrrole nitrogens is 1. The molecule has 0 bridgehead atoms. The van der Waals surface area contributed by atoms with E-state index in [1.165, 1.54) is 0 Å². The first-order chi connectivity index (χ1) is 10.3. The highest BCUT2D eigenvalue weighted by atomic mass is 16.3. The summed E-state index contributed by atoms with van der Waals surface area (Å²) < 4.78 is 0. The summed E-state index contributed by atoms with van der Waals surface area (Å²) >= 11 is 0. The van der Waals surface area contributed by atoms with Crippen molar-refractivity contribution >= 4 is 16.9 Å². The highest BCUT2D eigenvalue weighted by Gasteiger charge is 2.07. The number of amides is 1. The number of rotatable bonds is 4. The van der Waals surface area contributed by atoms with Crippen molar-refractivity contribution in [2.45, 2.75) is 0 Å². The minimum Gasteiger partial charge on any atom is -0.395 e. The van der Waals surface area contributed by atoms with E-state index in [0.29, 0.717) is 5.56 Å². The Balaban J connectivity index is 1.93. The average molecular weight is 281 g/mol. The minimum absolute atomic E-state index is 0.0699. The van der Waals surface area contributed by atoms with Crippen molar-refractivity contribution in [2.75, 3.05) is 13.2 Å². The molecule has 0 aliphatic heterocycles. The van der Waals surface area contributed by atoms with Gasteiger partial charge in [0, 0.05) is 35.5 Å². The fraction of sp³-hybridized carbons (Fsp3) is 0.125. The zero-order valence-corrected chi connectivity index (χ0v) is 11.3. The second-order valence-corrected chi connectivity index (χ2v) is 4.70. The number of hydrogen-bond acceptors (Lipinski definition) is 3. The molecule has 0 saturated carbocycles. The summed E-state index contributed by atoms with van der Waals surface area (Å²) in [6.45, 7) is 0.180. The van der Waals surface area contributed by atoms with Crippen LogP contribution in [0.5, 0.6) is 0 Å². The monoisotopic (exact) mass is 281 g/mol. The Morgan fingerprint density at radius 2 is 2.14 bits per heavy atom. The second-order valence-electron chi connectivity index (χ2n) is 4.70. The highest BCUT2D eigenvalue weighted by molar-refractivity contribution is 5.95. The normalized spacial score (nSPS) is 10.7. The van der Waals surface area contributed by atoms with E-state index < -0.39 is 0 Å². The predicted octanol–water partition coefficient (Wildman–Crippen LogP) is 1.95. The summed E-state index contributed by atoms with van der Waals surface area (Å²) in [5.41, 5.74) is 3.30. The number of carbonyl (C=O) groups is 1. The lowest BCUT2D eigenvalue weighted by molar-refractivity contribution is 0.0945. The van der Waals surface area contributed by atoms with Gasteiger partial charge in [0.25, 0.3) is 5.91 Å². The van der Waals surface area contributed by atoms with Crippen molar-refractivity contribution in [3.8, 4) is 11.1 Å². The van der Waals surface area contributed by atoms with Gasteiger partial charge in [-0.05, 0) is 29.8 Å². The molecule has 0 unspecified atom stereocenters. The molecule has 3 aromatic rings. The lowest BCUT2D eigenvalue weighted by atomic mass is 10.0. The van der Waals surface area contributed by atoms with Crippen molar-refractivity contribution in [1.82, 2.24) is 15.3 Å². The second kappa shape index (κ2) is 5.76. The first-order valence-electron chi connectivity index (χ1n) is 6.70. The largest absolute Gasteiger partial charge is 0.395 e. The molecule has 0 fully saturated rings. The Bertz CT molecular complexity index is 780. The Morgan fingerprint density at radius 1 is 1.24 bits per heavy atom. The summed E-state index contributed by atoms with van der Waals surface area (Å²) in [4.78, 5) is 19.3. The minimum atomic E-state index is -0.193. The van der Waals surface area contributed by atoms with Gasteiger partial charge in [0.2, 0.25) is 0 Å². The molecule has 3 rings (SSSR count). The Hall–Kier alpha value is -2.66. The van der Waals surface area contributed by atoms with Gasteiger partial charge in [0.15, 0.2) is 0 Å². The fourth-order valence-electron chi connectivity index (χ4n) is 2.21. The third-order valence-electron chi connectivity index (χ3n) is 3.26. The molecular weight excluding hydrogens is 266 g/mol. The van der Waals surface area contributed by atoms with Gasteiger partial charge in [0.05, 0.1) is 6.61 Å². The Labute approximate surface area is 121 Å². The number of fused-ring (bicyclic) bond motifs is 1. The summed E-state index contributed by atoms with van der Waals surface area (Å²) in [5.74, 6) is -0.193. The maximum atomic E-state index is 11.9. The van der Waals surface area contributed by atoms with Crippen molar-refractivity contribution in [3.05, 3.63) is 54.4 Å². The smallest absolute Gasteiger partial charge is 0.251 e. The number of benzene rings is 1. The van der Waals surface area contributed by atoms with Crippen LogP contribution in [-0.4, -0.2) is 34.1 Å². The third kappa shape index (κ3) is 2.78. The zero-order valence-electron chi connectivity index (χ0n) is 11.3. The number of carbonyl (C=O) groups excluding carboxylic acids is 1. The maximum Gasteiger partial charge on any atom is 0.251 e. The highest BCUT2D eigenvalue weighted by Crippen LogP contribution is 2.23. The van der Waals surface area contributed by atoms with Crippen molar-refractivity contribution in [2.24, 2.45) is 0 Å². The summed E-state index contributed by atoms with van der Waals surface area (Å²) in [5, 5.41) is 12.4. The van der Waals surface area contributed by atoms with Crippen LogP contribution >= 0.6 is 0 Å². The van der Waals surface area contributed by atoms with Gasteiger partial charge in [-0.15, -0.1) is 0 Å². The molecule has 5 nitrogen and oxygen atoms in total. The molecule has 2 aromatic heterocycles. The lowest BCUT2D eigenvalue weighted by Gasteiger charge is -2.06. The predicted molar refractivity (Wildman–Crippen MR) is 80.9 cm³/mol. The van der Waals surface area contributed by atoms with Gasteiger partial charge in [-0.3, -0.25) is 4.79 Å². The number of hydrogen-bond donors (Lipinski definition) is 3. The first kappa shape index (κ1) is 13.3. The quantitative estimate of drug-likeness (QED) is 0.684. The molecule has 5 heteroatoms. The van der Waals surface area contributed by atoms with Gasteiger partial charge < -0.3 is 15.4 Å². The van der Waals surface area contributed by atoms with Gasteiger partial charge in [0.1, 0.15) is 5.65 Å². The zero-order chi connectivity index (χ0) is 14.7. The van der Waals surface area contributed by atoms with Crippen LogP contribution in [-0.2, 0) is 0 Å². The van der Waals surface area contributed by atoms with Crippen molar-refractivity contribution < 1.29 is 9.90 Å². The van der Waals surface area contributed by atoms with Crippen LogP contribution in [0.15, 0.2) is 48.8 Å². The van der Waals surface area contributed by atoms with Gasteiger partial charge in [-0.1, -0.05) is 12.1 Å². The van der Waals surface area contributed by atoms with Crippen LogP contribution in [0.4, 0.5) is 0 Å². The summed E-state index contributed by atoms with van der Waals surface area (Å²) in [6.07, 6.45) is 3.63. The molecule has 21 heavy (non-hydrogen) atoms. The number of nitrogens with zero attached hydrogens (tertiary/aromatic N) is 1. The van der Waals surface area contributed by atoms with Crippen LogP contribution in [0.2, 0.25) is 0 Å². The molecule has 0 radical (unpaired) electrons. The molecule has 1 aromatic carbocycles. The average Bonchev–Trinajstić information content (AvgIpc) is 3.00. The molecule has 0 aliphatic carbocycles. The van der Waals surface area contributed by atoms with Crippen LogP contribution in [0.25, 0.3) is 22.2 Å². The molecule has 0 aliphatic rings. The molecule has 0 saturated heterocycles.